The van der Waals surface area contributed by atoms with Gasteiger partial charge in [-0.05, 0) is 48.9 Å². The van der Waals surface area contributed by atoms with E-state index in [1.165, 1.54) is 11.1 Å². The number of nitrogens with one attached hydrogen (secondary N) is 1. The SMILES string of the molecule is C[C@@H](NC(=O)N(CCCO)[C@@H]1CCc2ccccc21)c1cccnc1. The van der Waals surface area contributed by atoms with Gasteiger partial charge in [0, 0.05) is 25.5 Å². The quantitative estimate of drug-likeness (QED) is 0.849. The number of pyridine rings is 1. The first-order valence-electron chi connectivity index (χ1n) is 8.86. The minimum absolute atomic E-state index is 0.0730. The summed E-state index contributed by atoms with van der Waals surface area (Å²) < 4.78 is 0. The molecular formula is C20H25N3O2. The standard InChI is InChI=1S/C20H25N3O2/c1-15(17-7-4-11-21-14-17)22-20(25)23(12-5-13-24)19-10-9-16-6-2-3-8-18(16)19/h2-4,6-8,11,14-15,19,24H,5,9-10,12-13H2,1H3,(H,22,25)/t15-,19-/m1/s1. The average Bonchev–Trinajstić information content (AvgIpc) is 3.07. The van der Waals surface area contributed by atoms with Crippen molar-refractivity contribution >= 4 is 6.03 Å². The number of carbonyl (C=O) groups excluding carboxylic acids is 1. The number of aliphatic hydroxyl groups excluding tert-OH is 1. The number of hydrogen-bond donors (Lipinski definition) is 2. The van der Waals surface area contributed by atoms with Crippen LogP contribution < -0.4 is 5.32 Å². The Hall–Kier alpha value is -2.40. The summed E-state index contributed by atoms with van der Waals surface area (Å²) in [6.45, 7) is 2.58. The molecule has 0 unspecified atom stereocenters. The maximum absolute atomic E-state index is 12.9. The number of aliphatic hydroxyl groups is 1. The highest BCUT2D eigenvalue weighted by atomic mass is 16.3. The van der Waals surface area contributed by atoms with Gasteiger partial charge in [0.2, 0.25) is 0 Å². The summed E-state index contributed by atoms with van der Waals surface area (Å²) in [5.74, 6) is 0. The fourth-order valence-corrected chi connectivity index (χ4v) is 3.48. The molecule has 1 aliphatic rings. The molecule has 0 aliphatic heterocycles. The number of benzene rings is 1. The van der Waals surface area contributed by atoms with Crippen molar-refractivity contribution in [2.24, 2.45) is 0 Å². The van der Waals surface area contributed by atoms with Gasteiger partial charge in [-0.1, -0.05) is 30.3 Å². The van der Waals surface area contributed by atoms with Gasteiger partial charge in [-0.2, -0.15) is 0 Å². The van der Waals surface area contributed by atoms with E-state index in [4.69, 9.17) is 0 Å². The zero-order valence-electron chi connectivity index (χ0n) is 14.6. The lowest BCUT2D eigenvalue weighted by Crippen LogP contribution is -2.43. The third kappa shape index (κ3) is 3.99. The van der Waals surface area contributed by atoms with Crippen LogP contribution in [0.25, 0.3) is 0 Å². The van der Waals surface area contributed by atoms with Crippen molar-refractivity contribution < 1.29 is 9.90 Å². The molecule has 1 aromatic heterocycles. The van der Waals surface area contributed by atoms with Crippen LogP contribution in [0.1, 0.15) is 48.5 Å². The number of aromatic nitrogens is 1. The molecular weight excluding hydrogens is 314 g/mol. The van der Waals surface area contributed by atoms with E-state index < -0.39 is 0 Å². The lowest BCUT2D eigenvalue weighted by atomic mass is 10.1. The molecule has 0 saturated heterocycles. The lowest BCUT2D eigenvalue weighted by Gasteiger charge is -2.31. The molecule has 5 heteroatoms. The summed E-state index contributed by atoms with van der Waals surface area (Å²) in [6, 6.07) is 12.0. The minimum Gasteiger partial charge on any atom is -0.396 e. The minimum atomic E-state index is -0.116. The van der Waals surface area contributed by atoms with Crippen LogP contribution in [0, 0.1) is 0 Å². The molecule has 0 saturated carbocycles. The maximum Gasteiger partial charge on any atom is 0.318 e. The number of aryl methyl sites for hydroxylation is 1. The third-order valence-electron chi connectivity index (χ3n) is 4.82. The second kappa shape index (κ2) is 8.12. The molecule has 0 bridgehead atoms. The van der Waals surface area contributed by atoms with Crippen LogP contribution in [0.3, 0.4) is 0 Å². The molecule has 2 aromatic rings. The number of nitrogens with zero attached hydrogens (tertiary/aromatic N) is 2. The van der Waals surface area contributed by atoms with Crippen molar-refractivity contribution in [3.8, 4) is 0 Å². The highest BCUT2D eigenvalue weighted by Crippen LogP contribution is 2.35. The van der Waals surface area contributed by atoms with Gasteiger partial charge in [0.05, 0.1) is 12.1 Å². The van der Waals surface area contributed by atoms with Gasteiger partial charge in [-0.25, -0.2) is 4.79 Å². The van der Waals surface area contributed by atoms with Gasteiger partial charge in [0.25, 0.3) is 0 Å². The van der Waals surface area contributed by atoms with Crippen LogP contribution in [0.5, 0.6) is 0 Å². The second-order valence-corrected chi connectivity index (χ2v) is 6.48. The Kier molecular flexibility index (Phi) is 5.66. The van der Waals surface area contributed by atoms with E-state index in [-0.39, 0.29) is 24.7 Å². The Morgan fingerprint density at radius 1 is 1.36 bits per heavy atom. The number of rotatable bonds is 6. The molecule has 5 nitrogen and oxygen atoms in total. The molecule has 2 amide bonds. The van der Waals surface area contributed by atoms with Crippen LogP contribution in [0.4, 0.5) is 4.79 Å². The maximum atomic E-state index is 12.9. The summed E-state index contributed by atoms with van der Waals surface area (Å²) in [7, 11) is 0. The van der Waals surface area contributed by atoms with Crippen LogP contribution in [-0.2, 0) is 6.42 Å². The fourth-order valence-electron chi connectivity index (χ4n) is 3.48. The highest BCUT2D eigenvalue weighted by Gasteiger charge is 2.31. The highest BCUT2D eigenvalue weighted by molar-refractivity contribution is 5.75. The molecule has 25 heavy (non-hydrogen) atoms. The van der Waals surface area contributed by atoms with Gasteiger partial charge in [0.1, 0.15) is 0 Å². The van der Waals surface area contributed by atoms with Crippen molar-refractivity contribution in [2.45, 2.75) is 38.3 Å². The van der Waals surface area contributed by atoms with Gasteiger partial charge in [0.15, 0.2) is 0 Å². The number of hydrogen-bond acceptors (Lipinski definition) is 3. The first-order chi connectivity index (χ1) is 12.2. The van der Waals surface area contributed by atoms with Crippen molar-refractivity contribution in [2.75, 3.05) is 13.2 Å². The van der Waals surface area contributed by atoms with Gasteiger partial charge in [-0.3, -0.25) is 4.98 Å². The predicted molar refractivity (Wildman–Crippen MR) is 97.1 cm³/mol. The van der Waals surface area contributed by atoms with Gasteiger partial charge in [-0.15, -0.1) is 0 Å². The Morgan fingerprint density at radius 2 is 2.20 bits per heavy atom. The van der Waals surface area contributed by atoms with E-state index >= 15 is 0 Å². The average molecular weight is 339 g/mol. The van der Waals surface area contributed by atoms with Crippen LogP contribution >= 0.6 is 0 Å². The predicted octanol–water partition coefficient (Wildman–Crippen LogP) is 3.22. The first-order valence-corrected chi connectivity index (χ1v) is 8.86. The molecule has 2 atom stereocenters. The van der Waals surface area contributed by atoms with Crippen LogP contribution in [0.15, 0.2) is 48.8 Å². The van der Waals surface area contributed by atoms with E-state index in [0.717, 1.165) is 18.4 Å². The van der Waals surface area contributed by atoms with Crippen molar-refractivity contribution in [1.82, 2.24) is 15.2 Å². The molecule has 132 valence electrons. The largest absolute Gasteiger partial charge is 0.396 e. The second-order valence-electron chi connectivity index (χ2n) is 6.48. The topological polar surface area (TPSA) is 65.5 Å². The zero-order valence-corrected chi connectivity index (χ0v) is 14.6. The fraction of sp³-hybridized carbons (Fsp3) is 0.400. The molecule has 3 rings (SSSR count). The molecule has 0 radical (unpaired) electrons. The summed E-state index contributed by atoms with van der Waals surface area (Å²) in [5.41, 5.74) is 3.52. The van der Waals surface area contributed by atoms with Crippen molar-refractivity contribution in [3.05, 3.63) is 65.5 Å². The van der Waals surface area contributed by atoms with Crippen LogP contribution in [0.2, 0.25) is 0 Å². The molecule has 1 aromatic carbocycles. The van der Waals surface area contributed by atoms with E-state index in [1.807, 2.05) is 36.1 Å². The lowest BCUT2D eigenvalue weighted by molar-refractivity contribution is 0.162. The summed E-state index contributed by atoms with van der Waals surface area (Å²) in [4.78, 5) is 18.9. The number of amides is 2. The molecule has 2 N–H and O–H groups in total. The first kappa shape index (κ1) is 17.4. The van der Waals surface area contributed by atoms with Crippen LogP contribution in [-0.4, -0.2) is 34.2 Å². The van der Waals surface area contributed by atoms with Crippen molar-refractivity contribution in [1.29, 1.82) is 0 Å². The Labute approximate surface area is 148 Å². The number of urea groups is 1. The smallest absolute Gasteiger partial charge is 0.318 e. The molecule has 1 heterocycles. The van der Waals surface area contributed by atoms with Gasteiger partial charge >= 0.3 is 6.03 Å². The van der Waals surface area contributed by atoms with E-state index in [9.17, 15) is 9.90 Å². The van der Waals surface area contributed by atoms with Gasteiger partial charge < -0.3 is 15.3 Å². The number of fused-ring (bicyclic) bond motifs is 1. The Morgan fingerprint density at radius 3 is 2.96 bits per heavy atom. The molecule has 0 spiro atoms. The summed E-state index contributed by atoms with van der Waals surface area (Å²) in [5, 5.41) is 12.3. The monoisotopic (exact) mass is 339 g/mol. The van der Waals surface area contributed by atoms with Crippen molar-refractivity contribution in [3.63, 3.8) is 0 Å². The summed E-state index contributed by atoms with van der Waals surface area (Å²) >= 11 is 0. The molecule has 1 aliphatic carbocycles. The number of carbonyl (C=O) groups is 1. The van der Waals surface area contributed by atoms with E-state index in [1.54, 1.807) is 12.4 Å². The zero-order chi connectivity index (χ0) is 17.6. The normalized spacial score (nSPS) is 17.0. The Balaban J connectivity index is 1.75. The Bertz CT molecular complexity index is 705. The summed E-state index contributed by atoms with van der Waals surface area (Å²) in [6.07, 6.45) is 5.99. The molecule has 0 fully saturated rings. The van der Waals surface area contributed by atoms with E-state index in [2.05, 4.69) is 22.4 Å². The van der Waals surface area contributed by atoms with E-state index in [0.29, 0.717) is 13.0 Å². The third-order valence-corrected chi connectivity index (χ3v) is 4.82.